The van der Waals surface area contributed by atoms with Crippen LogP contribution in [0.1, 0.15) is 39.5 Å². The maximum Gasteiger partial charge on any atom is 0.187 e. The highest BCUT2D eigenvalue weighted by Crippen LogP contribution is 2.21. The number of ether oxygens (including phenoxy) is 1. The highest BCUT2D eigenvalue weighted by molar-refractivity contribution is 6.71. The van der Waals surface area contributed by atoms with Crippen molar-refractivity contribution >= 4 is 16.6 Å². The van der Waals surface area contributed by atoms with Gasteiger partial charge in [-0.1, -0.05) is 13.3 Å². The van der Waals surface area contributed by atoms with Crippen LogP contribution in [0.25, 0.3) is 0 Å². The number of hydrogen-bond acceptors (Lipinski definition) is 4. The van der Waals surface area contributed by atoms with Crippen LogP contribution in [0.4, 0.5) is 0 Å². The molecule has 0 saturated carbocycles. The molecule has 150 valence electrons. The molecule has 4 nitrogen and oxygen atoms in total. The van der Waals surface area contributed by atoms with Crippen LogP contribution in [0.3, 0.4) is 0 Å². The van der Waals surface area contributed by atoms with Gasteiger partial charge < -0.3 is 18.5 Å². The van der Waals surface area contributed by atoms with Crippen molar-refractivity contribution in [3.8, 4) is 0 Å². The van der Waals surface area contributed by atoms with Gasteiger partial charge in [-0.25, -0.2) is 0 Å². The minimum Gasteiger partial charge on any atom is -0.418 e. The second kappa shape index (κ2) is 11.9. The molecule has 1 atom stereocenters. The van der Waals surface area contributed by atoms with Crippen LogP contribution in [-0.2, 0) is 13.6 Å². The first kappa shape index (κ1) is 23.3. The smallest absolute Gasteiger partial charge is 0.187 e. The Morgan fingerprint density at radius 3 is 2.64 bits per heavy atom. The third-order valence-electron chi connectivity index (χ3n) is 4.93. The predicted octanol–water partition coefficient (Wildman–Crippen LogP) is 4.73. The van der Waals surface area contributed by atoms with Crippen molar-refractivity contribution in [2.75, 3.05) is 39.5 Å². The third kappa shape index (κ3) is 10.9. The minimum absolute atomic E-state index is 0.246. The van der Waals surface area contributed by atoms with Gasteiger partial charge in [0.05, 0.1) is 12.7 Å². The molecule has 0 aromatic rings. The van der Waals surface area contributed by atoms with E-state index in [4.69, 9.17) is 13.6 Å². The van der Waals surface area contributed by atoms with Gasteiger partial charge in [-0.05, 0) is 77.6 Å². The first-order chi connectivity index (χ1) is 11.8. The lowest BCUT2D eigenvalue weighted by molar-refractivity contribution is 0.0205. The Kier molecular flexibility index (Phi) is 11.1. The van der Waals surface area contributed by atoms with E-state index in [2.05, 4.69) is 44.9 Å². The molecule has 6 heteroatoms. The highest BCUT2D eigenvalue weighted by Gasteiger charge is 2.30. The molecule has 1 rings (SSSR count). The van der Waals surface area contributed by atoms with Gasteiger partial charge in [-0.15, -0.1) is 0 Å². The summed E-state index contributed by atoms with van der Waals surface area (Å²) in [7, 11) is -2.98. The molecule has 1 unspecified atom stereocenters. The van der Waals surface area contributed by atoms with E-state index >= 15 is 0 Å². The van der Waals surface area contributed by atoms with Crippen molar-refractivity contribution in [1.29, 1.82) is 0 Å². The van der Waals surface area contributed by atoms with Crippen LogP contribution in [0.15, 0.2) is 0 Å². The number of hydrogen-bond donors (Lipinski definition) is 0. The highest BCUT2D eigenvalue weighted by atomic mass is 28.4. The normalized spacial score (nSPS) is 22.6. The first-order valence-electron chi connectivity index (χ1n) is 10.4. The summed E-state index contributed by atoms with van der Waals surface area (Å²) in [4.78, 5) is 2.61. The molecule has 0 radical (unpaired) electrons. The van der Waals surface area contributed by atoms with Gasteiger partial charge in [0.1, 0.15) is 0 Å². The van der Waals surface area contributed by atoms with E-state index in [-0.39, 0.29) is 6.10 Å². The molecule has 0 spiro atoms. The number of unbranched alkanes of at least 4 members (excludes halogenated alkanes) is 1. The van der Waals surface area contributed by atoms with Gasteiger partial charge in [0.25, 0.3) is 0 Å². The average Bonchev–Trinajstić information content (AvgIpc) is 2.48. The van der Waals surface area contributed by atoms with Crippen molar-refractivity contribution in [3.63, 3.8) is 0 Å². The van der Waals surface area contributed by atoms with Gasteiger partial charge >= 0.3 is 0 Å². The van der Waals surface area contributed by atoms with Gasteiger partial charge in [0.15, 0.2) is 16.6 Å². The van der Waals surface area contributed by atoms with E-state index in [1.807, 2.05) is 0 Å². The summed E-state index contributed by atoms with van der Waals surface area (Å²) in [6, 6.07) is 2.50. The quantitative estimate of drug-likeness (QED) is 0.377. The summed E-state index contributed by atoms with van der Waals surface area (Å²) in [5, 5.41) is 0. The van der Waals surface area contributed by atoms with Crippen molar-refractivity contribution in [1.82, 2.24) is 4.90 Å². The molecule has 1 saturated heterocycles. The lowest BCUT2D eigenvalue weighted by atomic mass is 10.3. The van der Waals surface area contributed by atoms with E-state index in [9.17, 15) is 0 Å². The molecular formula is C19H43NO3Si2. The predicted molar refractivity (Wildman–Crippen MR) is 112 cm³/mol. The molecule has 1 aliphatic heterocycles. The molecule has 25 heavy (non-hydrogen) atoms. The van der Waals surface area contributed by atoms with Crippen LogP contribution in [0.2, 0.25) is 38.3 Å². The summed E-state index contributed by atoms with van der Waals surface area (Å²) in [5.74, 6) is 0. The van der Waals surface area contributed by atoms with E-state index < -0.39 is 16.6 Å². The largest absolute Gasteiger partial charge is 0.418 e. The molecule has 0 bridgehead atoms. The molecule has 0 N–H and O–H groups in total. The van der Waals surface area contributed by atoms with E-state index in [1.54, 1.807) is 0 Å². The fourth-order valence-corrected chi connectivity index (χ4v) is 7.71. The van der Waals surface area contributed by atoms with E-state index in [1.165, 1.54) is 44.4 Å². The zero-order chi connectivity index (χ0) is 18.8. The van der Waals surface area contributed by atoms with Crippen molar-refractivity contribution in [3.05, 3.63) is 0 Å². The Balaban J connectivity index is 2.46. The second-order valence-corrected chi connectivity index (χ2v) is 17.2. The number of nitrogens with zero attached hydrogens (tertiary/aromatic N) is 1. The average molecular weight is 390 g/mol. The topological polar surface area (TPSA) is 30.9 Å². The Labute approximate surface area is 158 Å². The summed E-state index contributed by atoms with van der Waals surface area (Å²) >= 11 is 0. The maximum absolute atomic E-state index is 6.53. The van der Waals surface area contributed by atoms with Crippen LogP contribution < -0.4 is 0 Å². The molecule has 1 aliphatic rings. The first-order valence-corrected chi connectivity index (χ1v) is 16.6. The van der Waals surface area contributed by atoms with Crippen LogP contribution in [-0.4, -0.2) is 67.1 Å². The van der Waals surface area contributed by atoms with Crippen LogP contribution >= 0.6 is 0 Å². The summed E-state index contributed by atoms with van der Waals surface area (Å²) in [6.45, 7) is 19.6. The van der Waals surface area contributed by atoms with Gasteiger partial charge in [0, 0.05) is 19.8 Å². The fraction of sp³-hybridized carbons (Fsp3) is 1.00. The standard InChI is InChI=1S/C19H43NO3Si2/c1-7-9-14-21-18-19-17-20(13-11-16-25(5,6)23-19)12-10-15-24(3,4)22-8-2/h19H,7-18H2,1-6H3. The van der Waals surface area contributed by atoms with E-state index in [0.29, 0.717) is 0 Å². The SMILES string of the molecule is CCCCOCC1CN(CCC[Si](C)(C)OCC)CCC[Si](C)(C)O1. The van der Waals surface area contributed by atoms with Crippen molar-refractivity contribution < 1.29 is 13.6 Å². The third-order valence-corrected chi connectivity index (χ3v) is 10.1. The lowest BCUT2D eigenvalue weighted by Gasteiger charge is -2.37. The van der Waals surface area contributed by atoms with Crippen LogP contribution in [0.5, 0.6) is 0 Å². The minimum atomic E-state index is -1.53. The Hall–Kier alpha value is 0.274. The zero-order valence-corrected chi connectivity index (χ0v) is 19.7. The summed E-state index contributed by atoms with van der Waals surface area (Å²) in [6.07, 6.45) is 5.10. The summed E-state index contributed by atoms with van der Waals surface area (Å²) < 4.78 is 18.4. The molecule has 0 aliphatic carbocycles. The molecule has 1 fully saturated rings. The Morgan fingerprint density at radius 2 is 1.96 bits per heavy atom. The van der Waals surface area contributed by atoms with E-state index in [0.717, 1.165) is 32.8 Å². The Morgan fingerprint density at radius 1 is 1.20 bits per heavy atom. The van der Waals surface area contributed by atoms with Crippen molar-refractivity contribution in [2.45, 2.75) is 83.9 Å². The fourth-order valence-electron chi connectivity index (χ4n) is 3.60. The second-order valence-electron chi connectivity index (χ2n) is 8.63. The number of rotatable bonds is 11. The van der Waals surface area contributed by atoms with Crippen LogP contribution in [0, 0.1) is 0 Å². The lowest BCUT2D eigenvalue weighted by Crippen LogP contribution is -2.47. The molecule has 0 aromatic carbocycles. The molecule has 0 amide bonds. The Bertz CT molecular complexity index is 354. The molecule has 0 aromatic heterocycles. The van der Waals surface area contributed by atoms with Crippen molar-refractivity contribution in [2.24, 2.45) is 0 Å². The zero-order valence-electron chi connectivity index (χ0n) is 17.7. The van der Waals surface area contributed by atoms with Gasteiger partial charge in [-0.2, -0.15) is 0 Å². The monoisotopic (exact) mass is 389 g/mol. The molecular weight excluding hydrogens is 346 g/mol. The molecule has 1 heterocycles. The maximum atomic E-state index is 6.53. The van der Waals surface area contributed by atoms with Gasteiger partial charge in [-0.3, -0.25) is 0 Å². The summed E-state index contributed by atoms with van der Waals surface area (Å²) in [5.41, 5.74) is 0. The van der Waals surface area contributed by atoms with Gasteiger partial charge in [0.2, 0.25) is 0 Å².